The van der Waals surface area contributed by atoms with E-state index in [2.05, 4.69) is 22.8 Å². The fourth-order valence-electron chi connectivity index (χ4n) is 1.67. The number of hydrogen-bond donors (Lipinski definition) is 2. The standard InChI is InChI=1S/C15H16N2OS2/c1-18-13-8-6-11(7-9-13)16-15(19)17-12-4-3-5-14(10-12)20-2/h3-10H,1-2H3,(H2,16,17,19). The zero-order chi connectivity index (χ0) is 14.4. The van der Waals surface area contributed by atoms with Crippen molar-refractivity contribution in [3.05, 3.63) is 48.5 Å². The topological polar surface area (TPSA) is 33.3 Å². The van der Waals surface area contributed by atoms with Crippen LogP contribution in [0.4, 0.5) is 11.4 Å². The van der Waals surface area contributed by atoms with Crippen LogP contribution in [0.15, 0.2) is 53.4 Å². The maximum absolute atomic E-state index is 5.30. The molecule has 0 bridgehead atoms. The van der Waals surface area contributed by atoms with Gasteiger partial charge >= 0.3 is 0 Å². The normalized spacial score (nSPS) is 9.90. The number of nitrogens with one attached hydrogen (secondary N) is 2. The van der Waals surface area contributed by atoms with E-state index in [1.54, 1.807) is 18.9 Å². The summed E-state index contributed by atoms with van der Waals surface area (Å²) in [5.41, 5.74) is 1.90. The average Bonchev–Trinajstić information content (AvgIpc) is 2.48. The molecule has 0 spiro atoms. The lowest BCUT2D eigenvalue weighted by molar-refractivity contribution is 0.415. The summed E-state index contributed by atoms with van der Waals surface area (Å²) in [5, 5.41) is 6.87. The van der Waals surface area contributed by atoms with Crippen molar-refractivity contribution in [1.82, 2.24) is 0 Å². The highest BCUT2D eigenvalue weighted by atomic mass is 32.2. The molecule has 0 fully saturated rings. The Kier molecular flexibility index (Phi) is 5.26. The van der Waals surface area contributed by atoms with Gasteiger partial charge in [-0.3, -0.25) is 0 Å². The fourth-order valence-corrected chi connectivity index (χ4v) is 2.36. The van der Waals surface area contributed by atoms with Gasteiger partial charge in [0.05, 0.1) is 7.11 Å². The van der Waals surface area contributed by atoms with Crippen LogP contribution in [0, 0.1) is 0 Å². The van der Waals surface area contributed by atoms with Gasteiger partial charge in [-0.15, -0.1) is 11.8 Å². The fraction of sp³-hybridized carbons (Fsp3) is 0.133. The van der Waals surface area contributed by atoms with E-state index in [-0.39, 0.29) is 0 Å². The molecule has 20 heavy (non-hydrogen) atoms. The second-order valence-corrected chi connectivity index (χ2v) is 5.33. The van der Waals surface area contributed by atoms with Crippen molar-refractivity contribution in [1.29, 1.82) is 0 Å². The van der Waals surface area contributed by atoms with Gasteiger partial charge in [0.1, 0.15) is 5.75 Å². The van der Waals surface area contributed by atoms with E-state index in [1.807, 2.05) is 42.7 Å². The third-order valence-electron chi connectivity index (χ3n) is 2.68. The Hall–Kier alpha value is -1.72. The van der Waals surface area contributed by atoms with Crippen molar-refractivity contribution in [3.63, 3.8) is 0 Å². The van der Waals surface area contributed by atoms with Gasteiger partial charge in [-0.05, 0) is 60.9 Å². The smallest absolute Gasteiger partial charge is 0.175 e. The van der Waals surface area contributed by atoms with Crippen LogP contribution in [0.1, 0.15) is 0 Å². The predicted octanol–water partition coefficient (Wildman–Crippen LogP) is 4.23. The van der Waals surface area contributed by atoms with E-state index in [1.165, 1.54) is 4.90 Å². The van der Waals surface area contributed by atoms with Crippen molar-refractivity contribution in [3.8, 4) is 5.75 Å². The summed E-state index contributed by atoms with van der Waals surface area (Å²) in [6.07, 6.45) is 2.05. The molecule has 0 aliphatic carbocycles. The molecule has 0 aromatic heterocycles. The minimum absolute atomic E-state index is 0.563. The lowest BCUT2D eigenvalue weighted by atomic mass is 10.3. The Bertz CT molecular complexity index is 585. The summed E-state index contributed by atoms with van der Waals surface area (Å²) in [4.78, 5) is 1.20. The molecule has 2 rings (SSSR count). The zero-order valence-electron chi connectivity index (χ0n) is 11.3. The summed E-state index contributed by atoms with van der Waals surface area (Å²) in [6, 6.07) is 15.7. The molecule has 0 heterocycles. The van der Waals surface area contributed by atoms with E-state index in [0.29, 0.717) is 5.11 Å². The van der Waals surface area contributed by atoms with Crippen LogP contribution in [0.3, 0.4) is 0 Å². The molecule has 3 nitrogen and oxygen atoms in total. The molecular weight excluding hydrogens is 288 g/mol. The molecule has 5 heteroatoms. The largest absolute Gasteiger partial charge is 0.497 e. The first-order valence-corrected chi connectivity index (χ1v) is 7.70. The summed E-state index contributed by atoms with van der Waals surface area (Å²) < 4.78 is 5.12. The molecule has 0 saturated heterocycles. The van der Waals surface area contributed by atoms with Crippen LogP contribution in [0.25, 0.3) is 0 Å². The van der Waals surface area contributed by atoms with E-state index in [9.17, 15) is 0 Å². The van der Waals surface area contributed by atoms with Crippen LogP contribution in [-0.4, -0.2) is 18.5 Å². The molecule has 0 saturated carbocycles. The molecule has 0 atom stereocenters. The summed E-state index contributed by atoms with van der Waals surface area (Å²) >= 11 is 7.00. The van der Waals surface area contributed by atoms with Gasteiger partial charge in [-0.2, -0.15) is 0 Å². The quantitative estimate of drug-likeness (QED) is 0.652. The van der Waals surface area contributed by atoms with Gasteiger partial charge in [0.25, 0.3) is 0 Å². The molecule has 0 aliphatic heterocycles. The lowest BCUT2D eigenvalue weighted by Crippen LogP contribution is -2.18. The lowest BCUT2D eigenvalue weighted by Gasteiger charge is -2.11. The molecule has 0 amide bonds. The van der Waals surface area contributed by atoms with Gasteiger partial charge in [0.15, 0.2) is 5.11 Å². The highest BCUT2D eigenvalue weighted by molar-refractivity contribution is 7.98. The highest BCUT2D eigenvalue weighted by Crippen LogP contribution is 2.19. The Labute approximate surface area is 128 Å². The van der Waals surface area contributed by atoms with Gasteiger partial charge in [0, 0.05) is 16.3 Å². The highest BCUT2D eigenvalue weighted by Gasteiger charge is 2.00. The number of benzene rings is 2. The van der Waals surface area contributed by atoms with Crippen LogP contribution in [0.2, 0.25) is 0 Å². The molecule has 0 aliphatic rings. The number of ether oxygens (including phenoxy) is 1. The molecule has 0 unspecified atom stereocenters. The van der Waals surface area contributed by atoms with Gasteiger partial charge in [-0.1, -0.05) is 6.07 Å². The first kappa shape index (κ1) is 14.7. The van der Waals surface area contributed by atoms with E-state index in [4.69, 9.17) is 17.0 Å². The number of thiocarbonyl (C=S) groups is 1. The number of rotatable bonds is 4. The molecule has 2 N–H and O–H groups in total. The predicted molar refractivity (Wildman–Crippen MR) is 91.1 cm³/mol. The van der Waals surface area contributed by atoms with Crippen molar-refractivity contribution >= 4 is 40.5 Å². The van der Waals surface area contributed by atoms with Gasteiger partial charge in [0.2, 0.25) is 0 Å². The monoisotopic (exact) mass is 304 g/mol. The van der Waals surface area contributed by atoms with Gasteiger partial charge < -0.3 is 15.4 Å². The minimum atomic E-state index is 0.563. The number of anilines is 2. The van der Waals surface area contributed by atoms with Crippen molar-refractivity contribution in [2.24, 2.45) is 0 Å². The third-order valence-corrected chi connectivity index (χ3v) is 3.60. The van der Waals surface area contributed by atoms with E-state index < -0.39 is 0 Å². The van der Waals surface area contributed by atoms with Crippen molar-refractivity contribution in [2.75, 3.05) is 24.0 Å². The van der Waals surface area contributed by atoms with Crippen LogP contribution >= 0.6 is 24.0 Å². The minimum Gasteiger partial charge on any atom is -0.497 e. The third kappa shape index (κ3) is 4.15. The maximum atomic E-state index is 5.30. The first-order chi connectivity index (χ1) is 9.71. The Morgan fingerprint density at radius 3 is 2.40 bits per heavy atom. The second kappa shape index (κ2) is 7.17. The number of methoxy groups -OCH3 is 1. The van der Waals surface area contributed by atoms with E-state index in [0.717, 1.165) is 17.1 Å². The van der Waals surface area contributed by atoms with Crippen molar-refractivity contribution < 1.29 is 4.74 Å². The van der Waals surface area contributed by atoms with Crippen LogP contribution < -0.4 is 15.4 Å². The van der Waals surface area contributed by atoms with Crippen LogP contribution in [-0.2, 0) is 0 Å². The SMILES string of the molecule is COc1ccc(NC(=S)Nc2cccc(SC)c2)cc1. The molecule has 104 valence electrons. The van der Waals surface area contributed by atoms with E-state index >= 15 is 0 Å². The Balaban J connectivity index is 1.97. The first-order valence-electron chi connectivity index (χ1n) is 6.07. The zero-order valence-corrected chi connectivity index (χ0v) is 13.0. The molecule has 0 radical (unpaired) electrons. The number of thioether (sulfide) groups is 1. The molecule has 2 aromatic rings. The Morgan fingerprint density at radius 2 is 1.75 bits per heavy atom. The van der Waals surface area contributed by atoms with Gasteiger partial charge in [-0.25, -0.2) is 0 Å². The summed E-state index contributed by atoms with van der Waals surface area (Å²) in [7, 11) is 1.65. The summed E-state index contributed by atoms with van der Waals surface area (Å²) in [5.74, 6) is 0.821. The average molecular weight is 304 g/mol. The Morgan fingerprint density at radius 1 is 1.05 bits per heavy atom. The summed E-state index contributed by atoms with van der Waals surface area (Å²) in [6.45, 7) is 0. The molecular formula is C15H16N2OS2. The van der Waals surface area contributed by atoms with Crippen molar-refractivity contribution in [2.45, 2.75) is 4.90 Å². The maximum Gasteiger partial charge on any atom is 0.175 e. The van der Waals surface area contributed by atoms with Crippen LogP contribution in [0.5, 0.6) is 5.75 Å². The molecule has 2 aromatic carbocycles. The number of hydrogen-bond acceptors (Lipinski definition) is 3. The second-order valence-electron chi connectivity index (χ2n) is 4.04.